The summed E-state index contributed by atoms with van der Waals surface area (Å²) in [5.74, 6) is -0.0814. The Morgan fingerprint density at radius 1 is 0.839 bits per heavy atom. The van der Waals surface area contributed by atoms with Crippen molar-refractivity contribution in [1.82, 2.24) is 9.97 Å². The highest BCUT2D eigenvalue weighted by Crippen LogP contribution is 2.34. The van der Waals surface area contributed by atoms with Crippen LogP contribution in [0.1, 0.15) is 16.8 Å². The molecule has 0 saturated heterocycles. The minimum absolute atomic E-state index is 0.0700. The first-order valence-electron chi connectivity index (χ1n) is 8.39. The largest absolute Gasteiger partial charge is 0.433 e. The topological polar surface area (TPSA) is 37.8 Å². The molecule has 0 fully saturated rings. The fraction of sp³-hybridized carbons (Fsp3) is 0.158. The first-order chi connectivity index (χ1) is 14.4. The van der Waals surface area contributed by atoms with Gasteiger partial charge in [0, 0.05) is 16.8 Å². The second kappa shape index (κ2) is 9.13. The SMILES string of the molecule is FC(F)(F)c1ccc(CSc2nc(Nc3ccc(Cl)cc3Cl)cc(C(F)(F)F)n2)cc1. The highest BCUT2D eigenvalue weighted by atomic mass is 35.5. The lowest BCUT2D eigenvalue weighted by Crippen LogP contribution is -2.11. The van der Waals surface area contributed by atoms with Crippen molar-refractivity contribution in [3.63, 3.8) is 0 Å². The van der Waals surface area contributed by atoms with Crippen LogP contribution in [0.4, 0.5) is 37.8 Å². The van der Waals surface area contributed by atoms with Crippen LogP contribution in [0, 0.1) is 0 Å². The average molecular weight is 498 g/mol. The maximum Gasteiger partial charge on any atom is 0.433 e. The van der Waals surface area contributed by atoms with Crippen LogP contribution in [0.3, 0.4) is 0 Å². The molecule has 0 spiro atoms. The first kappa shape index (κ1) is 23.5. The van der Waals surface area contributed by atoms with Crippen molar-refractivity contribution in [1.29, 1.82) is 0 Å². The van der Waals surface area contributed by atoms with Gasteiger partial charge in [0.05, 0.1) is 16.3 Å². The Hall–Kier alpha value is -2.17. The minimum Gasteiger partial charge on any atom is -0.339 e. The van der Waals surface area contributed by atoms with E-state index in [2.05, 4.69) is 15.3 Å². The summed E-state index contributed by atoms with van der Waals surface area (Å²) in [4.78, 5) is 7.55. The molecule has 0 radical (unpaired) electrons. The van der Waals surface area contributed by atoms with Gasteiger partial charge in [0.15, 0.2) is 10.9 Å². The Labute approximate surface area is 186 Å². The Morgan fingerprint density at radius 3 is 2.10 bits per heavy atom. The minimum atomic E-state index is -4.73. The van der Waals surface area contributed by atoms with Gasteiger partial charge in [0.25, 0.3) is 0 Å². The van der Waals surface area contributed by atoms with Crippen LogP contribution in [-0.2, 0) is 18.1 Å². The Morgan fingerprint density at radius 2 is 1.52 bits per heavy atom. The summed E-state index contributed by atoms with van der Waals surface area (Å²) >= 11 is 12.7. The van der Waals surface area contributed by atoms with E-state index in [0.29, 0.717) is 10.6 Å². The van der Waals surface area contributed by atoms with E-state index in [4.69, 9.17) is 23.2 Å². The van der Waals surface area contributed by atoms with Crippen molar-refractivity contribution in [2.24, 2.45) is 0 Å². The zero-order chi connectivity index (χ0) is 22.8. The van der Waals surface area contributed by atoms with E-state index in [1.165, 1.54) is 30.3 Å². The summed E-state index contributed by atoms with van der Waals surface area (Å²) in [7, 11) is 0. The summed E-state index contributed by atoms with van der Waals surface area (Å²) < 4.78 is 77.7. The van der Waals surface area contributed by atoms with Gasteiger partial charge in [-0.3, -0.25) is 0 Å². The number of anilines is 2. The number of alkyl halides is 6. The lowest BCUT2D eigenvalue weighted by molar-refractivity contribution is -0.141. The Balaban J connectivity index is 1.83. The van der Waals surface area contributed by atoms with Gasteiger partial charge < -0.3 is 5.32 Å². The third-order valence-electron chi connectivity index (χ3n) is 3.84. The molecule has 3 aromatic rings. The summed E-state index contributed by atoms with van der Waals surface area (Å²) in [6.45, 7) is 0. The molecule has 0 aliphatic rings. The van der Waals surface area contributed by atoms with Crippen LogP contribution in [0.2, 0.25) is 10.0 Å². The lowest BCUT2D eigenvalue weighted by Gasteiger charge is -2.13. The third-order valence-corrected chi connectivity index (χ3v) is 5.31. The molecule has 31 heavy (non-hydrogen) atoms. The maximum atomic E-state index is 13.3. The summed E-state index contributed by atoms with van der Waals surface area (Å²) in [6.07, 6.45) is -9.20. The number of thioether (sulfide) groups is 1. The molecule has 1 N–H and O–H groups in total. The van der Waals surface area contributed by atoms with Crippen LogP contribution in [0.15, 0.2) is 53.7 Å². The average Bonchev–Trinajstić information content (AvgIpc) is 2.67. The van der Waals surface area contributed by atoms with Crippen molar-refractivity contribution in [3.05, 3.63) is 75.4 Å². The second-order valence-corrected chi connectivity index (χ2v) is 7.94. The number of nitrogens with zero attached hydrogens (tertiary/aromatic N) is 2. The maximum absolute atomic E-state index is 13.3. The van der Waals surface area contributed by atoms with E-state index in [1.54, 1.807) is 0 Å². The molecule has 0 atom stereocenters. The zero-order valence-corrected chi connectivity index (χ0v) is 17.5. The van der Waals surface area contributed by atoms with Crippen molar-refractivity contribution < 1.29 is 26.3 Å². The van der Waals surface area contributed by atoms with E-state index < -0.39 is 23.6 Å². The molecule has 3 nitrogen and oxygen atoms in total. The molecule has 0 aliphatic heterocycles. The van der Waals surface area contributed by atoms with Gasteiger partial charge in [-0.1, -0.05) is 47.1 Å². The molecule has 0 amide bonds. The smallest absolute Gasteiger partial charge is 0.339 e. The highest BCUT2D eigenvalue weighted by Gasteiger charge is 2.34. The molecule has 0 unspecified atom stereocenters. The summed E-state index contributed by atoms with van der Waals surface area (Å²) in [6, 6.07) is 9.42. The predicted molar refractivity (Wildman–Crippen MR) is 108 cm³/mol. The first-order valence-corrected chi connectivity index (χ1v) is 10.1. The molecular weight excluding hydrogens is 487 g/mol. The van der Waals surface area contributed by atoms with E-state index in [9.17, 15) is 26.3 Å². The molecule has 12 heteroatoms. The fourth-order valence-corrected chi connectivity index (χ4v) is 3.64. The molecule has 1 heterocycles. The zero-order valence-electron chi connectivity index (χ0n) is 15.2. The third kappa shape index (κ3) is 6.41. The van der Waals surface area contributed by atoms with Gasteiger partial charge >= 0.3 is 12.4 Å². The van der Waals surface area contributed by atoms with Gasteiger partial charge in [-0.15, -0.1) is 0 Å². The van der Waals surface area contributed by atoms with Crippen LogP contribution < -0.4 is 5.32 Å². The predicted octanol–water partition coefficient (Wildman–Crippen LogP) is 7.86. The van der Waals surface area contributed by atoms with Crippen molar-refractivity contribution in [2.75, 3.05) is 5.32 Å². The molecule has 3 rings (SSSR count). The lowest BCUT2D eigenvalue weighted by atomic mass is 10.1. The number of nitrogens with one attached hydrogen (secondary N) is 1. The van der Waals surface area contributed by atoms with Gasteiger partial charge in [-0.2, -0.15) is 26.3 Å². The second-order valence-electron chi connectivity index (χ2n) is 6.15. The monoisotopic (exact) mass is 497 g/mol. The van der Waals surface area contributed by atoms with Crippen LogP contribution >= 0.6 is 35.0 Å². The number of rotatable bonds is 5. The van der Waals surface area contributed by atoms with Gasteiger partial charge in [0.2, 0.25) is 0 Å². The fourth-order valence-electron chi connectivity index (χ4n) is 2.37. The molecule has 1 aromatic heterocycles. The highest BCUT2D eigenvalue weighted by molar-refractivity contribution is 7.98. The number of benzene rings is 2. The molecule has 2 aromatic carbocycles. The van der Waals surface area contributed by atoms with Gasteiger partial charge in [-0.25, -0.2) is 9.97 Å². The summed E-state index contributed by atoms with van der Waals surface area (Å²) in [5.41, 5.74) is -1.24. The van der Waals surface area contributed by atoms with Gasteiger partial charge in [0.1, 0.15) is 5.82 Å². The molecule has 0 saturated carbocycles. The van der Waals surface area contributed by atoms with Crippen LogP contribution in [0.25, 0.3) is 0 Å². The molecule has 0 bridgehead atoms. The van der Waals surface area contributed by atoms with Crippen LogP contribution in [0.5, 0.6) is 0 Å². The number of hydrogen-bond donors (Lipinski definition) is 1. The summed E-state index contributed by atoms with van der Waals surface area (Å²) in [5, 5.41) is 3.02. The Bertz CT molecular complexity index is 1070. The molecular formula is C19H11Cl2F6N3S. The number of hydrogen-bond acceptors (Lipinski definition) is 4. The van der Waals surface area contributed by atoms with E-state index >= 15 is 0 Å². The van der Waals surface area contributed by atoms with Crippen molar-refractivity contribution in [3.8, 4) is 0 Å². The van der Waals surface area contributed by atoms with E-state index in [-0.39, 0.29) is 27.4 Å². The number of halogens is 8. The Kier molecular flexibility index (Phi) is 6.92. The number of aromatic nitrogens is 2. The molecule has 0 aliphatic carbocycles. The van der Waals surface area contributed by atoms with Crippen LogP contribution in [-0.4, -0.2) is 9.97 Å². The molecule has 164 valence electrons. The van der Waals surface area contributed by atoms with Crippen molar-refractivity contribution >= 4 is 46.5 Å². The quantitative estimate of drug-likeness (QED) is 0.221. The van der Waals surface area contributed by atoms with E-state index in [0.717, 1.165) is 30.0 Å². The normalized spacial score (nSPS) is 12.1. The van der Waals surface area contributed by atoms with Crippen molar-refractivity contribution in [2.45, 2.75) is 23.3 Å². The van der Waals surface area contributed by atoms with E-state index in [1.807, 2.05) is 0 Å². The van der Waals surface area contributed by atoms with Gasteiger partial charge in [-0.05, 0) is 35.9 Å². The standard InChI is InChI=1S/C19H11Cl2F6N3S/c20-12-5-6-14(13(21)7-12)28-16-8-15(19(25,26)27)29-17(30-16)31-9-10-1-3-11(4-2-10)18(22,23)24/h1-8H,9H2,(H,28,29,30).